The van der Waals surface area contributed by atoms with E-state index in [-0.39, 0.29) is 0 Å². The summed E-state index contributed by atoms with van der Waals surface area (Å²) < 4.78 is 2.57. The van der Waals surface area contributed by atoms with E-state index in [0.29, 0.717) is 0 Å². The molecule has 3 rings (SSSR count). The molecule has 2 aliphatic rings. The lowest BCUT2D eigenvalue weighted by Gasteiger charge is -2.11. The van der Waals surface area contributed by atoms with Crippen molar-refractivity contribution < 1.29 is 0 Å². The molecule has 1 N–H and O–H groups in total. The minimum absolute atomic E-state index is 0.818. The molecule has 2 fully saturated rings. The van der Waals surface area contributed by atoms with Crippen LogP contribution in [0.1, 0.15) is 67.9 Å². The summed E-state index contributed by atoms with van der Waals surface area (Å²) >= 11 is 0. The van der Waals surface area contributed by atoms with Gasteiger partial charge in [0.25, 0.3) is 0 Å². The molecule has 2 nitrogen and oxygen atoms in total. The highest BCUT2D eigenvalue weighted by molar-refractivity contribution is 5.28. The highest BCUT2D eigenvalue weighted by Gasteiger charge is 2.26. The van der Waals surface area contributed by atoms with E-state index in [1.54, 1.807) is 5.56 Å². The number of hydrogen-bond acceptors (Lipinski definition) is 1. The summed E-state index contributed by atoms with van der Waals surface area (Å²) in [6.07, 6.45) is 11.0. The Kier molecular flexibility index (Phi) is 3.97. The molecule has 0 unspecified atom stereocenters. The fourth-order valence-electron chi connectivity index (χ4n) is 3.71. The lowest BCUT2D eigenvalue weighted by atomic mass is 10.1. The van der Waals surface area contributed by atoms with E-state index in [4.69, 9.17) is 0 Å². The van der Waals surface area contributed by atoms with Crippen molar-refractivity contribution in [1.82, 2.24) is 9.88 Å². The molecule has 0 aliphatic heterocycles. The highest BCUT2D eigenvalue weighted by Crippen LogP contribution is 2.38. The predicted octanol–water partition coefficient (Wildman–Crippen LogP) is 3.90. The Morgan fingerprint density at radius 1 is 1.16 bits per heavy atom. The maximum atomic E-state index is 3.72. The van der Waals surface area contributed by atoms with Gasteiger partial charge in [-0.1, -0.05) is 12.8 Å². The maximum Gasteiger partial charge on any atom is 0.0337 e. The van der Waals surface area contributed by atoms with Crippen LogP contribution >= 0.6 is 0 Å². The molecular weight excluding hydrogens is 232 g/mol. The minimum atomic E-state index is 0.818. The molecule has 0 bridgehead atoms. The Balaban J connectivity index is 1.48. The van der Waals surface area contributed by atoms with Gasteiger partial charge < -0.3 is 9.88 Å². The second-order valence-corrected chi connectivity index (χ2v) is 6.54. The van der Waals surface area contributed by atoms with Crippen molar-refractivity contribution in [1.29, 1.82) is 0 Å². The molecule has 0 amide bonds. The first-order valence-corrected chi connectivity index (χ1v) is 8.16. The van der Waals surface area contributed by atoms with Gasteiger partial charge >= 0.3 is 0 Å². The second kappa shape index (κ2) is 5.70. The standard InChI is InChI=1S/C17H28N2/c1-13-12-15(14(2)19(13)17-9-10-17)6-5-11-18-16-7-3-4-8-16/h12,16-18H,3-11H2,1-2H3. The quantitative estimate of drug-likeness (QED) is 0.768. The van der Waals surface area contributed by atoms with Gasteiger partial charge in [0.15, 0.2) is 0 Å². The SMILES string of the molecule is Cc1cc(CCCNC2CCCC2)c(C)n1C1CC1. The lowest BCUT2D eigenvalue weighted by molar-refractivity contribution is 0.515. The van der Waals surface area contributed by atoms with Crippen LogP contribution in [0.5, 0.6) is 0 Å². The van der Waals surface area contributed by atoms with Crippen LogP contribution in [0.15, 0.2) is 6.07 Å². The van der Waals surface area contributed by atoms with Gasteiger partial charge in [-0.15, -0.1) is 0 Å². The maximum absolute atomic E-state index is 3.72. The molecule has 0 saturated heterocycles. The van der Waals surface area contributed by atoms with Gasteiger partial charge in [0, 0.05) is 23.5 Å². The van der Waals surface area contributed by atoms with E-state index in [9.17, 15) is 0 Å². The molecule has 0 aromatic carbocycles. The third kappa shape index (κ3) is 3.05. The zero-order valence-electron chi connectivity index (χ0n) is 12.5. The number of hydrogen-bond donors (Lipinski definition) is 1. The van der Waals surface area contributed by atoms with Gasteiger partial charge in [0.1, 0.15) is 0 Å². The topological polar surface area (TPSA) is 17.0 Å². The fourth-order valence-corrected chi connectivity index (χ4v) is 3.71. The normalized spacial score (nSPS) is 20.3. The average molecular weight is 260 g/mol. The fraction of sp³-hybridized carbons (Fsp3) is 0.765. The van der Waals surface area contributed by atoms with Gasteiger partial charge in [-0.3, -0.25) is 0 Å². The molecule has 19 heavy (non-hydrogen) atoms. The van der Waals surface area contributed by atoms with Crippen LogP contribution in [0.25, 0.3) is 0 Å². The van der Waals surface area contributed by atoms with Crippen LogP contribution in [0, 0.1) is 13.8 Å². The molecular formula is C17H28N2. The van der Waals surface area contributed by atoms with Crippen LogP contribution in [0.3, 0.4) is 0 Å². The van der Waals surface area contributed by atoms with Crippen LogP contribution in [0.2, 0.25) is 0 Å². The summed E-state index contributed by atoms with van der Waals surface area (Å²) in [4.78, 5) is 0. The van der Waals surface area contributed by atoms with E-state index >= 15 is 0 Å². The summed E-state index contributed by atoms with van der Waals surface area (Å²) in [7, 11) is 0. The van der Waals surface area contributed by atoms with Gasteiger partial charge in [-0.2, -0.15) is 0 Å². The summed E-state index contributed by atoms with van der Waals surface area (Å²) in [5.41, 5.74) is 4.58. The molecule has 1 heterocycles. The van der Waals surface area contributed by atoms with E-state index in [1.165, 1.54) is 69.3 Å². The summed E-state index contributed by atoms with van der Waals surface area (Å²) in [6.45, 7) is 5.77. The van der Waals surface area contributed by atoms with E-state index < -0.39 is 0 Å². The molecule has 1 aromatic rings. The Labute approximate surface area is 117 Å². The third-order valence-corrected chi connectivity index (χ3v) is 4.91. The van der Waals surface area contributed by atoms with Crippen molar-refractivity contribution in [3.05, 3.63) is 23.0 Å². The Bertz CT molecular complexity index is 423. The number of nitrogens with one attached hydrogen (secondary N) is 1. The van der Waals surface area contributed by atoms with Crippen LogP contribution in [-0.2, 0) is 6.42 Å². The summed E-state index contributed by atoms with van der Waals surface area (Å²) in [5.74, 6) is 0. The zero-order valence-corrected chi connectivity index (χ0v) is 12.5. The summed E-state index contributed by atoms with van der Waals surface area (Å²) in [6, 6.07) is 4.06. The number of aromatic nitrogens is 1. The average Bonchev–Trinajstić information content (AvgIpc) is 2.99. The van der Waals surface area contributed by atoms with Gasteiger partial charge in [0.2, 0.25) is 0 Å². The van der Waals surface area contributed by atoms with Crippen LogP contribution < -0.4 is 5.32 Å². The van der Waals surface area contributed by atoms with Gasteiger partial charge in [0.05, 0.1) is 0 Å². The lowest BCUT2D eigenvalue weighted by Crippen LogP contribution is -2.27. The number of aryl methyl sites for hydroxylation is 2. The minimum Gasteiger partial charge on any atom is -0.346 e. The van der Waals surface area contributed by atoms with E-state index in [2.05, 4.69) is 29.8 Å². The molecule has 0 spiro atoms. The van der Waals surface area contributed by atoms with Gasteiger partial charge in [-0.05, 0) is 70.5 Å². The first-order valence-electron chi connectivity index (χ1n) is 8.16. The molecule has 0 atom stereocenters. The third-order valence-electron chi connectivity index (χ3n) is 4.91. The second-order valence-electron chi connectivity index (χ2n) is 6.54. The van der Waals surface area contributed by atoms with Crippen molar-refractivity contribution in [2.75, 3.05) is 6.54 Å². The van der Waals surface area contributed by atoms with E-state index in [0.717, 1.165) is 12.1 Å². The first-order chi connectivity index (χ1) is 9.25. The smallest absolute Gasteiger partial charge is 0.0337 e. The Hall–Kier alpha value is -0.760. The predicted molar refractivity (Wildman–Crippen MR) is 80.8 cm³/mol. The van der Waals surface area contributed by atoms with Crippen molar-refractivity contribution in [2.24, 2.45) is 0 Å². The Morgan fingerprint density at radius 2 is 1.89 bits per heavy atom. The van der Waals surface area contributed by atoms with E-state index in [1.807, 2.05) is 0 Å². The molecule has 1 aromatic heterocycles. The molecule has 2 aliphatic carbocycles. The number of nitrogens with zero attached hydrogens (tertiary/aromatic N) is 1. The molecule has 2 heteroatoms. The molecule has 2 saturated carbocycles. The zero-order chi connectivity index (χ0) is 13.2. The van der Waals surface area contributed by atoms with Crippen molar-refractivity contribution in [3.63, 3.8) is 0 Å². The van der Waals surface area contributed by atoms with Crippen molar-refractivity contribution in [3.8, 4) is 0 Å². The largest absolute Gasteiger partial charge is 0.346 e. The number of rotatable bonds is 6. The molecule has 0 radical (unpaired) electrons. The monoisotopic (exact) mass is 260 g/mol. The van der Waals surface area contributed by atoms with Crippen molar-refractivity contribution in [2.45, 2.75) is 77.3 Å². The van der Waals surface area contributed by atoms with Crippen LogP contribution in [0.4, 0.5) is 0 Å². The molecule has 106 valence electrons. The van der Waals surface area contributed by atoms with Crippen molar-refractivity contribution >= 4 is 0 Å². The Morgan fingerprint density at radius 3 is 2.58 bits per heavy atom. The first kappa shape index (κ1) is 13.2. The van der Waals surface area contributed by atoms with Crippen LogP contribution in [-0.4, -0.2) is 17.2 Å². The summed E-state index contributed by atoms with van der Waals surface area (Å²) in [5, 5.41) is 3.72. The van der Waals surface area contributed by atoms with Gasteiger partial charge in [-0.25, -0.2) is 0 Å². The highest BCUT2D eigenvalue weighted by atomic mass is 15.1.